The summed E-state index contributed by atoms with van der Waals surface area (Å²) in [5.74, 6) is -1.89. The molecule has 0 aromatic heterocycles. The predicted octanol–water partition coefficient (Wildman–Crippen LogP) is 5.56. The van der Waals surface area contributed by atoms with Crippen molar-refractivity contribution in [1.82, 2.24) is 15.1 Å². The van der Waals surface area contributed by atoms with Gasteiger partial charge in [-0.25, -0.2) is 14.0 Å². The molecule has 0 radical (unpaired) electrons. The summed E-state index contributed by atoms with van der Waals surface area (Å²) >= 11 is 0. The molecule has 4 rings (SSSR count). The van der Waals surface area contributed by atoms with Crippen LogP contribution in [0.3, 0.4) is 0 Å². The minimum absolute atomic E-state index is 0.00211. The van der Waals surface area contributed by atoms with Crippen LogP contribution in [0.25, 0.3) is 11.1 Å². The Morgan fingerprint density at radius 2 is 1.71 bits per heavy atom. The summed E-state index contributed by atoms with van der Waals surface area (Å²) in [7, 11) is 0. The third-order valence-corrected chi connectivity index (χ3v) is 6.84. The first-order valence-electron chi connectivity index (χ1n) is 13.6. The maximum absolute atomic E-state index is 14.9. The van der Waals surface area contributed by atoms with Crippen molar-refractivity contribution in [3.63, 3.8) is 0 Å². The van der Waals surface area contributed by atoms with Crippen molar-refractivity contribution in [2.45, 2.75) is 52.4 Å². The molecule has 3 aromatic rings. The first-order chi connectivity index (χ1) is 19.4. The number of carboxylic acids is 1. The number of aromatic carboxylic acids is 1. The van der Waals surface area contributed by atoms with Gasteiger partial charge in [-0.05, 0) is 80.8 Å². The lowest BCUT2D eigenvalue weighted by molar-refractivity contribution is 0.000538. The van der Waals surface area contributed by atoms with E-state index in [0.29, 0.717) is 37.3 Å². The molecule has 1 saturated heterocycles. The fraction of sp³-hybridized carbons (Fsp3) is 0.344. The topological polar surface area (TPSA) is 99.2 Å². The highest BCUT2D eigenvalue weighted by Gasteiger charge is 2.30. The van der Waals surface area contributed by atoms with Crippen LogP contribution < -0.4 is 5.32 Å². The second kappa shape index (κ2) is 12.5. The van der Waals surface area contributed by atoms with Crippen LogP contribution in [0.2, 0.25) is 0 Å². The van der Waals surface area contributed by atoms with E-state index in [2.05, 4.69) is 10.2 Å². The molecule has 1 fully saturated rings. The van der Waals surface area contributed by atoms with Gasteiger partial charge in [0.1, 0.15) is 11.4 Å². The minimum Gasteiger partial charge on any atom is -0.478 e. The van der Waals surface area contributed by atoms with Gasteiger partial charge < -0.3 is 20.1 Å². The van der Waals surface area contributed by atoms with Crippen molar-refractivity contribution < 1.29 is 28.6 Å². The van der Waals surface area contributed by atoms with Crippen LogP contribution >= 0.6 is 0 Å². The smallest absolute Gasteiger partial charge is 0.410 e. The van der Waals surface area contributed by atoms with E-state index in [1.807, 2.05) is 52.0 Å². The van der Waals surface area contributed by atoms with Crippen molar-refractivity contribution >= 4 is 18.0 Å². The average molecular weight is 562 g/mol. The number of hydrogen-bond acceptors (Lipinski definition) is 5. The molecule has 3 aromatic carbocycles. The summed E-state index contributed by atoms with van der Waals surface area (Å²) < 4.78 is 20.5. The second-order valence-electron chi connectivity index (χ2n) is 11.3. The van der Waals surface area contributed by atoms with Crippen LogP contribution in [-0.2, 0) is 17.8 Å². The van der Waals surface area contributed by atoms with Gasteiger partial charge in [-0.2, -0.15) is 0 Å². The van der Waals surface area contributed by atoms with E-state index in [9.17, 15) is 18.8 Å². The van der Waals surface area contributed by atoms with Crippen LogP contribution in [0.4, 0.5) is 9.18 Å². The summed E-state index contributed by atoms with van der Waals surface area (Å²) in [5.41, 5.74) is 2.61. The Morgan fingerprint density at radius 3 is 2.41 bits per heavy atom. The number of amides is 2. The number of benzene rings is 3. The average Bonchev–Trinajstić information content (AvgIpc) is 2.91. The molecule has 0 saturated carbocycles. The summed E-state index contributed by atoms with van der Waals surface area (Å²) in [6, 6.07) is 18.2. The fourth-order valence-corrected chi connectivity index (χ4v) is 4.85. The van der Waals surface area contributed by atoms with Crippen LogP contribution in [0, 0.1) is 5.82 Å². The Kier molecular flexibility index (Phi) is 9.08. The maximum Gasteiger partial charge on any atom is 0.410 e. The van der Waals surface area contributed by atoms with Gasteiger partial charge in [0, 0.05) is 49.9 Å². The van der Waals surface area contributed by atoms with Gasteiger partial charge >= 0.3 is 12.1 Å². The van der Waals surface area contributed by atoms with Crippen LogP contribution in [-0.4, -0.2) is 64.2 Å². The molecule has 9 heteroatoms. The molecule has 2 amide bonds. The second-order valence-corrected chi connectivity index (χ2v) is 11.3. The molecule has 0 bridgehead atoms. The lowest BCUT2D eigenvalue weighted by atomic mass is 10.00. The summed E-state index contributed by atoms with van der Waals surface area (Å²) in [5, 5.41) is 11.9. The molecule has 1 heterocycles. The first kappa shape index (κ1) is 29.7. The third-order valence-electron chi connectivity index (χ3n) is 6.84. The molecule has 0 aliphatic carbocycles. The summed E-state index contributed by atoms with van der Waals surface area (Å²) in [6.07, 6.45) is -0.299. The Balaban J connectivity index is 1.40. The van der Waals surface area contributed by atoms with Gasteiger partial charge in [0.25, 0.3) is 5.91 Å². The number of carboxylic acid groups (broad SMARTS) is 1. The summed E-state index contributed by atoms with van der Waals surface area (Å²) in [6.45, 7) is 10.4. The van der Waals surface area contributed by atoms with Gasteiger partial charge in [-0.3, -0.25) is 9.69 Å². The molecular weight excluding hydrogens is 525 g/mol. The molecule has 41 heavy (non-hydrogen) atoms. The minimum atomic E-state index is -1.11. The quantitative estimate of drug-likeness (QED) is 0.392. The van der Waals surface area contributed by atoms with E-state index in [0.717, 1.165) is 11.1 Å². The van der Waals surface area contributed by atoms with E-state index >= 15 is 0 Å². The Bertz CT molecular complexity index is 1430. The highest BCUT2D eigenvalue weighted by molar-refractivity contribution is 5.97. The van der Waals surface area contributed by atoms with Gasteiger partial charge in [0.2, 0.25) is 0 Å². The van der Waals surface area contributed by atoms with Crippen molar-refractivity contribution in [3.8, 4) is 11.1 Å². The number of carbonyl (C=O) groups is 3. The lowest BCUT2D eigenvalue weighted by Gasteiger charge is -2.40. The molecule has 1 atom stereocenters. The molecule has 216 valence electrons. The van der Waals surface area contributed by atoms with E-state index in [1.165, 1.54) is 24.3 Å². The van der Waals surface area contributed by atoms with Crippen molar-refractivity contribution in [3.05, 3.63) is 94.8 Å². The number of nitrogens with one attached hydrogen (secondary N) is 1. The monoisotopic (exact) mass is 561 g/mol. The predicted molar refractivity (Wildman–Crippen MR) is 154 cm³/mol. The number of halogens is 1. The zero-order valence-electron chi connectivity index (χ0n) is 23.8. The zero-order valence-corrected chi connectivity index (χ0v) is 23.8. The standard InChI is InChI=1S/C32H36FN3O5/c1-21-19-35(13-14-36(21)31(40)41-32(2,3)4)20-23-7-5-8-24(15-23)27-16-22(11-12-28(27)33)18-34-29(37)25-9-6-10-26(17-25)30(38)39/h5-12,15-17,21H,13-14,18-20H2,1-4H3,(H,34,37)(H,38,39)/t21-/m0/s1. The summed E-state index contributed by atoms with van der Waals surface area (Å²) in [4.78, 5) is 40.4. The van der Waals surface area contributed by atoms with Gasteiger partial charge in [0.15, 0.2) is 0 Å². The number of ether oxygens (including phenoxy) is 1. The molecule has 1 aliphatic rings. The van der Waals surface area contributed by atoms with E-state index < -0.39 is 17.5 Å². The van der Waals surface area contributed by atoms with E-state index in [4.69, 9.17) is 9.84 Å². The molecule has 0 unspecified atom stereocenters. The highest BCUT2D eigenvalue weighted by atomic mass is 19.1. The van der Waals surface area contributed by atoms with Gasteiger partial charge in [0.05, 0.1) is 5.56 Å². The Labute approximate surface area is 239 Å². The SMILES string of the molecule is C[C@H]1CN(Cc2cccc(-c3cc(CNC(=O)c4cccc(C(=O)O)c4)ccc3F)c2)CCN1C(=O)OC(C)(C)C. The Hall–Kier alpha value is -4.24. The normalized spacial score (nSPS) is 15.8. The van der Waals surface area contributed by atoms with Crippen LogP contribution in [0.15, 0.2) is 66.7 Å². The van der Waals surface area contributed by atoms with Crippen molar-refractivity contribution in [1.29, 1.82) is 0 Å². The van der Waals surface area contributed by atoms with Gasteiger partial charge in [-0.1, -0.05) is 30.3 Å². The van der Waals surface area contributed by atoms with Crippen LogP contribution in [0.1, 0.15) is 59.5 Å². The first-order valence-corrected chi connectivity index (χ1v) is 13.6. The fourth-order valence-electron chi connectivity index (χ4n) is 4.85. The zero-order chi connectivity index (χ0) is 29.7. The maximum atomic E-state index is 14.9. The molecule has 2 N–H and O–H groups in total. The Morgan fingerprint density at radius 1 is 0.976 bits per heavy atom. The highest BCUT2D eigenvalue weighted by Crippen LogP contribution is 2.26. The number of piperazine rings is 1. The number of hydrogen-bond donors (Lipinski definition) is 2. The van der Waals surface area contributed by atoms with Gasteiger partial charge in [-0.15, -0.1) is 0 Å². The van der Waals surface area contributed by atoms with E-state index in [1.54, 1.807) is 23.1 Å². The van der Waals surface area contributed by atoms with E-state index in [-0.39, 0.29) is 35.6 Å². The third kappa shape index (κ3) is 7.91. The van der Waals surface area contributed by atoms with Crippen LogP contribution in [0.5, 0.6) is 0 Å². The molecular formula is C32H36FN3O5. The van der Waals surface area contributed by atoms with Crippen molar-refractivity contribution in [2.75, 3.05) is 19.6 Å². The lowest BCUT2D eigenvalue weighted by Crippen LogP contribution is -2.54. The van der Waals surface area contributed by atoms with Crippen molar-refractivity contribution in [2.24, 2.45) is 0 Å². The largest absolute Gasteiger partial charge is 0.478 e. The molecule has 1 aliphatic heterocycles. The number of nitrogens with zero attached hydrogens (tertiary/aromatic N) is 2. The number of rotatable bonds is 7. The number of carbonyl (C=O) groups excluding carboxylic acids is 2. The molecule has 8 nitrogen and oxygen atoms in total. The molecule has 0 spiro atoms.